The molecule has 0 aromatic heterocycles. The lowest BCUT2D eigenvalue weighted by Gasteiger charge is -2.25. The number of benzene rings is 3. The highest BCUT2D eigenvalue weighted by Crippen LogP contribution is 2.41. The van der Waals surface area contributed by atoms with E-state index in [0.717, 1.165) is 5.56 Å². The Morgan fingerprint density at radius 3 is 2.36 bits per heavy atom. The van der Waals surface area contributed by atoms with Crippen LogP contribution in [0, 0.1) is 6.92 Å². The average Bonchev–Trinajstić information content (AvgIpc) is 3.14. The molecule has 1 saturated heterocycles. The molecule has 186 valence electrons. The van der Waals surface area contributed by atoms with Crippen LogP contribution in [0.2, 0.25) is 0 Å². The number of aliphatic hydroxyl groups excluding tert-OH is 1. The summed E-state index contributed by atoms with van der Waals surface area (Å²) in [4.78, 5) is 27.9. The molecule has 0 bridgehead atoms. The Bertz CT molecular complexity index is 1280. The van der Waals surface area contributed by atoms with Gasteiger partial charge in [-0.3, -0.25) is 9.59 Å². The summed E-state index contributed by atoms with van der Waals surface area (Å²) in [5.41, 5.74) is 1.89. The third kappa shape index (κ3) is 5.11. The van der Waals surface area contributed by atoms with Crippen molar-refractivity contribution in [2.45, 2.75) is 19.4 Å². The van der Waals surface area contributed by atoms with Gasteiger partial charge in [0.05, 0.1) is 18.7 Å². The Morgan fingerprint density at radius 2 is 1.67 bits per heavy atom. The molecule has 0 spiro atoms. The first-order chi connectivity index (χ1) is 17.4. The van der Waals surface area contributed by atoms with E-state index in [4.69, 9.17) is 14.2 Å². The summed E-state index contributed by atoms with van der Waals surface area (Å²) in [6, 6.07) is 21.0. The zero-order valence-corrected chi connectivity index (χ0v) is 20.6. The van der Waals surface area contributed by atoms with Gasteiger partial charge in [0.25, 0.3) is 11.7 Å². The molecule has 0 radical (unpaired) electrons. The van der Waals surface area contributed by atoms with Crippen molar-refractivity contribution in [3.8, 4) is 17.2 Å². The number of para-hydroxylation sites is 1. The van der Waals surface area contributed by atoms with E-state index in [0.29, 0.717) is 47.9 Å². The quantitative estimate of drug-likeness (QED) is 0.192. The number of hydrogen-bond acceptors (Lipinski definition) is 6. The predicted octanol–water partition coefficient (Wildman–Crippen LogP) is 5.25. The number of aliphatic hydroxyl groups is 1. The number of Topliss-reactive ketones (excluding diaryl/α,β-unsaturated/α-hetero) is 1. The van der Waals surface area contributed by atoms with Crippen molar-refractivity contribution < 1.29 is 28.9 Å². The number of likely N-dealkylation sites (tertiary alicyclic amines) is 1. The number of aryl methyl sites for hydroxylation is 1. The molecular formula is C29H29NO6. The monoisotopic (exact) mass is 487 g/mol. The lowest BCUT2D eigenvalue weighted by atomic mass is 9.93. The van der Waals surface area contributed by atoms with Crippen molar-refractivity contribution in [2.24, 2.45) is 0 Å². The topological polar surface area (TPSA) is 85.3 Å². The second kappa shape index (κ2) is 11.1. The minimum atomic E-state index is -0.775. The molecule has 1 amide bonds. The van der Waals surface area contributed by atoms with Gasteiger partial charge in [0.1, 0.15) is 23.0 Å². The maximum atomic E-state index is 13.3. The Balaban J connectivity index is 1.80. The van der Waals surface area contributed by atoms with Crippen molar-refractivity contribution in [3.63, 3.8) is 0 Å². The molecule has 0 unspecified atom stereocenters. The van der Waals surface area contributed by atoms with Crippen LogP contribution in [0.4, 0.5) is 0 Å². The fraction of sp³-hybridized carbons (Fsp3) is 0.241. The van der Waals surface area contributed by atoms with Gasteiger partial charge in [-0.05, 0) is 66.9 Å². The number of carbonyl (C=O) groups excluding carboxylic acids is 2. The van der Waals surface area contributed by atoms with Crippen LogP contribution >= 0.6 is 0 Å². The van der Waals surface area contributed by atoms with Crippen molar-refractivity contribution in [1.82, 2.24) is 4.90 Å². The van der Waals surface area contributed by atoms with E-state index in [-0.39, 0.29) is 11.3 Å². The summed E-state index contributed by atoms with van der Waals surface area (Å²) in [7, 11) is 3.15. The molecule has 1 N–H and O–H groups in total. The second-order valence-electron chi connectivity index (χ2n) is 8.51. The minimum absolute atomic E-state index is 0.0440. The van der Waals surface area contributed by atoms with E-state index in [1.165, 1.54) is 4.90 Å². The van der Waals surface area contributed by atoms with E-state index in [2.05, 4.69) is 0 Å². The van der Waals surface area contributed by atoms with Gasteiger partial charge >= 0.3 is 0 Å². The van der Waals surface area contributed by atoms with Gasteiger partial charge in [-0.1, -0.05) is 30.3 Å². The van der Waals surface area contributed by atoms with E-state index in [1.54, 1.807) is 44.6 Å². The molecule has 3 aromatic rings. The van der Waals surface area contributed by atoms with Gasteiger partial charge in [0.2, 0.25) is 0 Å². The Kier molecular flexibility index (Phi) is 7.71. The first kappa shape index (κ1) is 25.0. The van der Waals surface area contributed by atoms with Crippen LogP contribution in [0.1, 0.15) is 29.2 Å². The summed E-state index contributed by atoms with van der Waals surface area (Å²) in [5.74, 6) is 0.255. The molecule has 1 aliphatic heterocycles. The molecule has 0 saturated carbocycles. The Hall–Kier alpha value is -4.10. The maximum Gasteiger partial charge on any atom is 0.295 e. The number of hydrogen-bond donors (Lipinski definition) is 1. The normalized spacial score (nSPS) is 16.9. The van der Waals surface area contributed by atoms with Crippen molar-refractivity contribution in [2.75, 3.05) is 27.4 Å². The van der Waals surface area contributed by atoms with Crippen LogP contribution in [-0.2, 0) is 14.3 Å². The summed E-state index contributed by atoms with van der Waals surface area (Å²) in [5, 5.41) is 11.4. The third-order valence-electron chi connectivity index (χ3n) is 6.13. The lowest BCUT2D eigenvalue weighted by Crippen LogP contribution is -2.31. The number of amides is 1. The maximum absolute atomic E-state index is 13.3. The van der Waals surface area contributed by atoms with Crippen LogP contribution in [0.25, 0.3) is 5.76 Å². The van der Waals surface area contributed by atoms with Crippen LogP contribution in [0.15, 0.2) is 78.4 Å². The fourth-order valence-electron chi connectivity index (χ4n) is 4.38. The molecule has 1 heterocycles. The number of methoxy groups -OCH3 is 2. The van der Waals surface area contributed by atoms with Crippen molar-refractivity contribution in [3.05, 3.63) is 95.1 Å². The molecule has 36 heavy (non-hydrogen) atoms. The van der Waals surface area contributed by atoms with Crippen LogP contribution in [0.3, 0.4) is 0 Å². The highest BCUT2D eigenvalue weighted by atomic mass is 16.5. The highest BCUT2D eigenvalue weighted by molar-refractivity contribution is 6.46. The summed E-state index contributed by atoms with van der Waals surface area (Å²) < 4.78 is 16.4. The fourth-order valence-corrected chi connectivity index (χ4v) is 4.38. The van der Waals surface area contributed by atoms with E-state index in [9.17, 15) is 14.7 Å². The number of carbonyl (C=O) groups is 2. The standard InChI is InChI=1S/C29H29NO6/c1-19-17-22(35-3)13-14-24(19)27(31)25-26(30(15-8-16-34-2)29(33)28(25)32)20-9-7-12-23(18-20)36-21-10-5-4-6-11-21/h4-7,9-14,17-18,26,31H,8,15-16H2,1-3H3/b27-25+/t26-/m0/s1. The SMILES string of the molecule is COCCCN1C(=O)C(=O)/C(=C(/O)c2ccc(OC)cc2C)[C@@H]1c1cccc(Oc2ccccc2)c1. The summed E-state index contributed by atoms with van der Waals surface area (Å²) in [6.07, 6.45) is 0.543. The van der Waals surface area contributed by atoms with Crippen molar-refractivity contribution in [1.29, 1.82) is 0 Å². The van der Waals surface area contributed by atoms with Gasteiger partial charge in [0.15, 0.2) is 0 Å². The lowest BCUT2D eigenvalue weighted by molar-refractivity contribution is -0.140. The molecule has 1 atom stereocenters. The number of nitrogens with zero attached hydrogens (tertiary/aromatic N) is 1. The van der Waals surface area contributed by atoms with Gasteiger partial charge < -0.3 is 24.2 Å². The molecule has 0 aliphatic carbocycles. The van der Waals surface area contributed by atoms with Gasteiger partial charge in [-0.15, -0.1) is 0 Å². The summed E-state index contributed by atoms with van der Waals surface area (Å²) >= 11 is 0. The third-order valence-corrected chi connectivity index (χ3v) is 6.13. The average molecular weight is 488 g/mol. The zero-order chi connectivity index (χ0) is 25.7. The summed E-state index contributed by atoms with van der Waals surface area (Å²) in [6.45, 7) is 2.55. The smallest absolute Gasteiger partial charge is 0.295 e. The van der Waals surface area contributed by atoms with Gasteiger partial charge in [-0.25, -0.2) is 0 Å². The molecule has 7 heteroatoms. The van der Waals surface area contributed by atoms with Crippen LogP contribution in [0.5, 0.6) is 17.2 Å². The zero-order valence-electron chi connectivity index (χ0n) is 20.6. The van der Waals surface area contributed by atoms with Gasteiger partial charge in [0, 0.05) is 25.8 Å². The first-order valence-corrected chi connectivity index (χ1v) is 11.7. The molecule has 1 aliphatic rings. The highest BCUT2D eigenvalue weighted by Gasteiger charge is 2.46. The van der Waals surface area contributed by atoms with E-state index < -0.39 is 17.7 Å². The molecule has 4 rings (SSSR count). The first-order valence-electron chi connectivity index (χ1n) is 11.7. The Labute approximate surface area is 210 Å². The van der Waals surface area contributed by atoms with Gasteiger partial charge in [-0.2, -0.15) is 0 Å². The van der Waals surface area contributed by atoms with E-state index >= 15 is 0 Å². The second-order valence-corrected chi connectivity index (χ2v) is 8.51. The Morgan fingerprint density at radius 1 is 0.917 bits per heavy atom. The molecular weight excluding hydrogens is 458 g/mol. The largest absolute Gasteiger partial charge is 0.507 e. The molecule has 1 fully saturated rings. The minimum Gasteiger partial charge on any atom is -0.507 e. The number of rotatable bonds is 9. The predicted molar refractivity (Wildman–Crippen MR) is 136 cm³/mol. The molecule has 3 aromatic carbocycles. The van der Waals surface area contributed by atoms with Crippen molar-refractivity contribution >= 4 is 17.4 Å². The molecule has 7 nitrogen and oxygen atoms in total. The van der Waals surface area contributed by atoms with Crippen LogP contribution < -0.4 is 9.47 Å². The van der Waals surface area contributed by atoms with Crippen LogP contribution in [-0.4, -0.2) is 49.1 Å². The number of ether oxygens (including phenoxy) is 3. The number of ketones is 1. The van der Waals surface area contributed by atoms with E-state index in [1.807, 2.05) is 49.4 Å².